The molecule has 0 aliphatic carbocycles. The number of nitrogens with one attached hydrogen (secondary N) is 2. The lowest BCUT2D eigenvalue weighted by Gasteiger charge is -2.11. The average Bonchev–Trinajstić information content (AvgIpc) is 2.58. The van der Waals surface area contributed by atoms with Gasteiger partial charge in [0.05, 0.1) is 24.7 Å². The van der Waals surface area contributed by atoms with Crippen LogP contribution in [0.4, 0.5) is 0 Å². The number of ether oxygens (including phenoxy) is 2. The number of aliphatic imine (C=N–C) groups is 1. The van der Waals surface area contributed by atoms with Gasteiger partial charge in [-0.15, -0.1) is 0 Å². The summed E-state index contributed by atoms with van der Waals surface area (Å²) >= 11 is 0. The van der Waals surface area contributed by atoms with E-state index in [0.29, 0.717) is 32.3 Å². The van der Waals surface area contributed by atoms with Crippen LogP contribution in [-0.2, 0) is 26.0 Å². The van der Waals surface area contributed by atoms with Crippen LogP contribution >= 0.6 is 0 Å². The molecule has 4 N–H and O–H groups in total. The van der Waals surface area contributed by atoms with E-state index in [9.17, 15) is 8.42 Å². The molecule has 0 fully saturated rings. The summed E-state index contributed by atoms with van der Waals surface area (Å²) in [4.78, 5) is 4.57. The topological polar surface area (TPSA) is 115 Å². The van der Waals surface area contributed by atoms with E-state index in [0.717, 1.165) is 25.1 Å². The predicted octanol–water partition coefficient (Wildman–Crippen LogP) is 0.442. The second kappa shape index (κ2) is 11.8. The number of sulfonamides is 1. The van der Waals surface area contributed by atoms with Crippen LogP contribution in [-0.4, -0.2) is 54.4 Å². The van der Waals surface area contributed by atoms with Gasteiger partial charge in [-0.2, -0.15) is 0 Å². The summed E-state index contributed by atoms with van der Waals surface area (Å²) in [6.45, 7) is 5.77. The SMILES string of the molecule is CCNC(=NCc1ccc(S(N)(=O)=O)cc1)NCCCOCCOC. The van der Waals surface area contributed by atoms with Crippen LogP contribution in [0.15, 0.2) is 34.2 Å². The summed E-state index contributed by atoms with van der Waals surface area (Å²) in [5, 5.41) is 11.5. The average molecular weight is 372 g/mol. The predicted molar refractivity (Wildman–Crippen MR) is 97.9 cm³/mol. The molecule has 0 heterocycles. The van der Waals surface area contributed by atoms with Crippen molar-refractivity contribution in [1.29, 1.82) is 0 Å². The molecule has 0 aliphatic rings. The Labute approximate surface area is 149 Å². The van der Waals surface area contributed by atoms with Gasteiger partial charge in [0.15, 0.2) is 5.96 Å². The number of hydrogen-bond acceptors (Lipinski definition) is 5. The van der Waals surface area contributed by atoms with Crippen molar-refractivity contribution >= 4 is 16.0 Å². The highest BCUT2D eigenvalue weighted by molar-refractivity contribution is 7.89. The number of benzene rings is 1. The minimum atomic E-state index is -3.66. The molecular formula is C16H28N4O4S. The Morgan fingerprint density at radius 2 is 1.88 bits per heavy atom. The van der Waals surface area contributed by atoms with Gasteiger partial charge in [-0.3, -0.25) is 0 Å². The number of nitrogens with two attached hydrogens (primary N) is 1. The number of nitrogens with zero attached hydrogens (tertiary/aromatic N) is 1. The maximum absolute atomic E-state index is 11.2. The normalized spacial score (nSPS) is 12.2. The van der Waals surface area contributed by atoms with Gasteiger partial charge in [0.1, 0.15) is 0 Å². The van der Waals surface area contributed by atoms with Gasteiger partial charge < -0.3 is 20.1 Å². The molecule has 0 bridgehead atoms. The molecule has 0 spiro atoms. The molecule has 0 aliphatic heterocycles. The van der Waals surface area contributed by atoms with Crippen molar-refractivity contribution in [3.05, 3.63) is 29.8 Å². The number of guanidine groups is 1. The van der Waals surface area contributed by atoms with Crippen LogP contribution in [0.1, 0.15) is 18.9 Å². The highest BCUT2D eigenvalue weighted by Gasteiger charge is 2.06. The number of rotatable bonds is 11. The fourth-order valence-corrected chi connectivity index (χ4v) is 2.44. The zero-order valence-corrected chi connectivity index (χ0v) is 15.6. The van der Waals surface area contributed by atoms with Gasteiger partial charge >= 0.3 is 0 Å². The molecule has 1 aromatic rings. The summed E-state index contributed by atoms with van der Waals surface area (Å²) in [6, 6.07) is 6.38. The van der Waals surface area contributed by atoms with Gasteiger partial charge in [0.25, 0.3) is 0 Å². The Kier molecular flexibility index (Phi) is 10.1. The lowest BCUT2D eigenvalue weighted by Crippen LogP contribution is -2.38. The monoisotopic (exact) mass is 372 g/mol. The molecule has 1 rings (SSSR count). The first kappa shape index (κ1) is 21.4. The van der Waals surface area contributed by atoms with Crippen molar-refractivity contribution in [2.45, 2.75) is 24.8 Å². The lowest BCUT2D eigenvalue weighted by molar-refractivity contribution is 0.0698. The standard InChI is InChI=1S/C16H28N4O4S/c1-3-18-16(19-9-4-10-24-12-11-23-2)20-13-14-5-7-15(8-6-14)25(17,21)22/h5-8H,3-4,9-13H2,1-2H3,(H2,17,21,22)(H2,18,19,20). The van der Waals surface area contributed by atoms with Crippen LogP contribution in [0.25, 0.3) is 0 Å². The minimum absolute atomic E-state index is 0.0961. The van der Waals surface area contributed by atoms with Crippen molar-refractivity contribution in [2.75, 3.05) is 40.0 Å². The summed E-state index contributed by atoms with van der Waals surface area (Å²) in [6.07, 6.45) is 0.858. The lowest BCUT2D eigenvalue weighted by atomic mass is 10.2. The van der Waals surface area contributed by atoms with E-state index in [2.05, 4.69) is 15.6 Å². The third kappa shape index (κ3) is 9.40. The molecule has 8 nitrogen and oxygen atoms in total. The van der Waals surface area contributed by atoms with Crippen molar-refractivity contribution < 1.29 is 17.9 Å². The Hall–Kier alpha value is -1.68. The van der Waals surface area contributed by atoms with E-state index in [-0.39, 0.29) is 4.90 Å². The molecule has 0 atom stereocenters. The third-order valence-electron chi connectivity index (χ3n) is 3.21. The van der Waals surface area contributed by atoms with Crippen LogP contribution < -0.4 is 15.8 Å². The zero-order chi connectivity index (χ0) is 18.5. The molecule has 0 saturated carbocycles. The summed E-state index contributed by atoms with van der Waals surface area (Å²) < 4.78 is 32.8. The van der Waals surface area contributed by atoms with Gasteiger partial charge in [0, 0.05) is 26.8 Å². The number of primary sulfonamides is 1. The fourth-order valence-electron chi connectivity index (χ4n) is 1.92. The van der Waals surface area contributed by atoms with Gasteiger partial charge in [0.2, 0.25) is 10.0 Å². The number of hydrogen-bond donors (Lipinski definition) is 3. The van der Waals surface area contributed by atoms with Gasteiger partial charge in [-0.25, -0.2) is 18.5 Å². The third-order valence-corrected chi connectivity index (χ3v) is 4.13. The van der Waals surface area contributed by atoms with Crippen LogP contribution in [0.5, 0.6) is 0 Å². The largest absolute Gasteiger partial charge is 0.382 e. The van der Waals surface area contributed by atoms with Crippen LogP contribution in [0, 0.1) is 0 Å². The number of methoxy groups -OCH3 is 1. The van der Waals surface area contributed by atoms with E-state index < -0.39 is 10.0 Å². The molecule has 142 valence electrons. The van der Waals surface area contributed by atoms with Crippen LogP contribution in [0.2, 0.25) is 0 Å². The first-order valence-electron chi connectivity index (χ1n) is 8.18. The first-order valence-corrected chi connectivity index (χ1v) is 9.72. The molecule has 0 unspecified atom stereocenters. The Morgan fingerprint density at radius 1 is 1.16 bits per heavy atom. The van der Waals surface area contributed by atoms with Crippen molar-refractivity contribution in [3.8, 4) is 0 Å². The Balaban J connectivity index is 2.44. The second-order valence-corrected chi connectivity index (χ2v) is 6.83. The minimum Gasteiger partial charge on any atom is -0.382 e. The molecule has 0 saturated heterocycles. The van der Waals surface area contributed by atoms with E-state index in [1.807, 2.05) is 6.92 Å². The summed E-state index contributed by atoms with van der Waals surface area (Å²) in [5.74, 6) is 0.704. The Bertz CT molecular complexity index is 618. The summed E-state index contributed by atoms with van der Waals surface area (Å²) in [7, 11) is -2.02. The van der Waals surface area contributed by atoms with E-state index in [1.165, 1.54) is 12.1 Å². The van der Waals surface area contributed by atoms with Gasteiger partial charge in [-0.05, 0) is 31.0 Å². The van der Waals surface area contributed by atoms with Crippen molar-refractivity contribution in [1.82, 2.24) is 10.6 Å². The van der Waals surface area contributed by atoms with Crippen LogP contribution in [0.3, 0.4) is 0 Å². The molecule has 0 radical (unpaired) electrons. The molecule has 1 aromatic carbocycles. The molecular weight excluding hydrogens is 344 g/mol. The summed E-state index contributed by atoms with van der Waals surface area (Å²) in [5.41, 5.74) is 0.896. The smallest absolute Gasteiger partial charge is 0.238 e. The molecule has 25 heavy (non-hydrogen) atoms. The van der Waals surface area contributed by atoms with Crippen molar-refractivity contribution in [3.63, 3.8) is 0 Å². The Morgan fingerprint density at radius 3 is 2.48 bits per heavy atom. The maximum atomic E-state index is 11.2. The molecule has 0 aromatic heterocycles. The highest BCUT2D eigenvalue weighted by Crippen LogP contribution is 2.09. The first-order chi connectivity index (χ1) is 12.0. The zero-order valence-electron chi connectivity index (χ0n) is 14.8. The highest BCUT2D eigenvalue weighted by atomic mass is 32.2. The maximum Gasteiger partial charge on any atom is 0.238 e. The van der Waals surface area contributed by atoms with E-state index in [4.69, 9.17) is 14.6 Å². The van der Waals surface area contributed by atoms with Gasteiger partial charge in [-0.1, -0.05) is 12.1 Å². The van der Waals surface area contributed by atoms with E-state index in [1.54, 1.807) is 19.2 Å². The fraction of sp³-hybridized carbons (Fsp3) is 0.562. The quantitative estimate of drug-likeness (QED) is 0.295. The van der Waals surface area contributed by atoms with E-state index >= 15 is 0 Å². The second-order valence-electron chi connectivity index (χ2n) is 5.27. The van der Waals surface area contributed by atoms with Crippen molar-refractivity contribution in [2.24, 2.45) is 10.1 Å². The molecule has 0 amide bonds. The molecule has 9 heteroatoms.